The van der Waals surface area contributed by atoms with Gasteiger partial charge in [-0.15, -0.1) is 0 Å². The van der Waals surface area contributed by atoms with Crippen LogP contribution in [0.25, 0.3) is 0 Å². The van der Waals surface area contributed by atoms with E-state index < -0.39 is 0 Å². The minimum absolute atomic E-state index is 0.601. The maximum atomic E-state index is 5.52. The maximum absolute atomic E-state index is 5.52. The van der Waals surface area contributed by atoms with Gasteiger partial charge < -0.3 is 14.8 Å². The molecule has 0 unspecified atom stereocenters. The van der Waals surface area contributed by atoms with E-state index in [1.54, 1.807) is 10.9 Å². The van der Waals surface area contributed by atoms with Gasteiger partial charge in [0.2, 0.25) is 0 Å². The first kappa shape index (κ1) is 10.0. The van der Waals surface area contributed by atoms with E-state index in [9.17, 15) is 0 Å². The van der Waals surface area contributed by atoms with Crippen molar-refractivity contribution in [1.29, 1.82) is 0 Å². The molecular formula is C12H13N3O2. The number of aromatic nitrogens is 2. The summed E-state index contributed by atoms with van der Waals surface area (Å²) in [6.45, 7) is 1.21. The SMILES string of the molecule is Cn1cc(Nc2ccc3c(c2)OCCO3)cn1. The lowest BCUT2D eigenvalue weighted by Crippen LogP contribution is -2.15. The van der Waals surface area contributed by atoms with Gasteiger partial charge in [0, 0.05) is 25.0 Å². The fourth-order valence-corrected chi connectivity index (χ4v) is 1.77. The Hall–Kier alpha value is -2.17. The zero-order chi connectivity index (χ0) is 11.7. The molecule has 0 fully saturated rings. The number of nitrogens with one attached hydrogen (secondary N) is 1. The van der Waals surface area contributed by atoms with Crippen LogP contribution < -0.4 is 14.8 Å². The van der Waals surface area contributed by atoms with Gasteiger partial charge in [0.25, 0.3) is 0 Å². The predicted molar refractivity (Wildman–Crippen MR) is 63.9 cm³/mol. The number of hydrogen-bond donors (Lipinski definition) is 1. The number of nitrogens with zero attached hydrogens (tertiary/aromatic N) is 2. The molecule has 0 amide bonds. The number of hydrogen-bond acceptors (Lipinski definition) is 4. The summed E-state index contributed by atoms with van der Waals surface area (Å²) in [7, 11) is 1.88. The van der Waals surface area contributed by atoms with Gasteiger partial charge >= 0.3 is 0 Å². The molecule has 0 radical (unpaired) electrons. The molecule has 0 saturated carbocycles. The Kier molecular flexibility index (Phi) is 2.36. The van der Waals surface area contributed by atoms with Gasteiger partial charge in [-0.2, -0.15) is 5.10 Å². The molecule has 0 aliphatic carbocycles. The van der Waals surface area contributed by atoms with Crippen molar-refractivity contribution in [1.82, 2.24) is 9.78 Å². The van der Waals surface area contributed by atoms with E-state index in [0.29, 0.717) is 13.2 Å². The summed E-state index contributed by atoms with van der Waals surface area (Å²) in [5, 5.41) is 7.35. The molecule has 2 aromatic rings. The average molecular weight is 231 g/mol. The molecule has 2 heterocycles. The average Bonchev–Trinajstić information content (AvgIpc) is 2.75. The predicted octanol–water partition coefficient (Wildman–Crippen LogP) is 1.93. The Morgan fingerprint density at radius 3 is 2.76 bits per heavy atom. The van der Waals surface area contributed by atoms with E-state index in [0.717, 1.165) is 22.9 Å². The molecule has 0 spiro atoms. The van der Waals surface area contributed by atoms with Crippen molar-refractivity contribution in [3.63, 3.8) is 0 Å². The number of anilines is 2. The summed E-state index contributed by atoms with van der Waals surface area (Å²) < 4.78 is 12.7. The topological polar surface area (TPSA) is 48.3 Å². The van der Waals surface area contributed by atoms with E-state index in [2.05, 4.69) is 10.4 Å². The highest BCUT2D eigenvalue weighted by molar-refractivity contribution is 5.62. The van der Waals surface area contributed by atoms with Crippen LogP contribution in [-0.2, 0) is 7.05 Å². The Labute approximate surface area is 99.0 Å². The van der Waals surface area contributed by atoms with Crippen LogP contribution in [0, 0.1) is 0 Å². The van der Waals surface area contributed by atoms with E-state index in [1.807, 2.05) is 31.4 Å². The summed E-state index contributed by atoms with van der Waals surface area (Å²) in [6, 6.07) is 5.80. The monoisotopic (exact) mass is 231 g/mol. The van der Waals surface area contributed by atoms with Crippen LogP contribution >= 0.6 is 0 Å². The normalized spacial score (nSPS) is 13.5. The third kappa shape index (κ3) is 2.04. The standard InChI is InChI=1S/C12H13N3O2/c1-15-8-10(7-13-15)14-9-2-3-11-12(6-9)17-5-4-16-11/h2-3,6-8,14H,4-5H2,1H3. The maximum Gasteiger partial charge on any atom is 0.163 e. The number of aryl methyl sites for hydroxylation is 1. The molecule has 0 bridgehead atoms. The zero-order valence-corrected chi connectivity index (χ0v) is 9.51. The molecule has 0 atom stereocenters. The lowest BCUT2D eigenvalue weighted by molar-refractivity contribution is 0.171. The molecule has 1 aromatic carbocycles. The summed E-state index contributed by atoms with van der Waals surface area (Å²) in [4.78, 5) is 0. The van der Waals surface area contributed by atoms with Crippen molar-refractivity contribution in [2.45, 2.75) is 0 Å². The van der Waals surface area contributed by atoms with E-state index in [-0.39, 0.29) is 0 Å². The van der Waals surface area contributed by atoms with Gasteiger partial charge in [0.15, 0.2) is 11.5 Å². The molecule has 3 rings (SSSR count). The van der Waals surface area contributed by atoms with Crippen LogP contribution in [0.1, 0.15) is 0 Å². The molecule has 5 heteroatoms. The number of benzene rings is 1. The van der Waals surface area contributed by atoms with Crippen molar-refractivity contribution in [3.05, 3.63) is 30.6 Å². The molecular weight excluding hydrogens is 218 g/mol. The number of fused-ring (bicyclic) bond motifs is 1. The first-order chi connectivity index (χ1) is 8.31. The Bertz CT molecular complexity index is 536. The molecule has 17 heavy (non-hydrogen) atoms. The van der Waals surface area contributed by atoms with Crippen LogP contribution in [0.15, 0.2) is 30.6 Å². The Morgan fingerprint density at radius 2 is 2.00 bits per heavy atom. The van der Waals surface area contributed by atoms with Crippen LogP contribution in [-0.4, -0.2) is 23.0 Å². The Balaban J connectivity index is 1.84. The fraction of sp³-hybridized carbons (Fsp3) is 0.250. The van der Waals surface area contributed by atoms with Crippen molar-refractivity contribution in [2.24, 2.45) is 7.05 Å². The molecule has 1 aromatic heterocycles. The van der Waals surface area contributed by atoms with Gasteiger partial charge in [0.05, 0.1) is 11.9 Å². The second-order valence-corrected chi connectivity index (χ2v) is 3.89. The lowest BCUT2D eigenvalue weighted by atomic mass is 10.2. The first-order valence-electron chi connectivity index (χ1n) is 5.46. The van der Waals surface area contributed by atoms with Crippen LogP contribution in [0.3, 0.4) is 0 Å². The van der Waals surface area contributed by atoms with Gasteiger partial charge in [-0.25, -0.2) is 0 Å². The largest absolute Gasteiger partial charge is 0.486 e. The fourth-order valence-electron chi connectivity index (χ4n) is 1.77. The van der Waals surface area contributed by atoms with Gasteiger partial charge in [-0.3, -0.25) is 4.68 Å². The molecule has 1 aliphatic rings. The van der Waals surface area contributed by atoms with Crippen molar-refractivity contribution < 1.29 is 9.47 Å². The highest BCUT2D eigenvalue weighted by atomic mass is 16.6. The molecule has 5 nitrogen and oxygen atoms in total. The minimum atomic E-state index is 0.601. The van der Waals surface area contributed by atoms with Gasteiger partial charge in [-0.1, -0.05) is 0 Å². The zero-order valence-electron chi connectivity index (χ0n) is 9.51. The Morgan fingerprint density at radius 1 is 1.18 bits per heavy atom. The minimum Gasteiger partial charge on any atom is -0.486 e. The number of rotatable bonds is 2. The van der Waals surface area contributed by atoms with E-state index in [4.69, 9.17) is 9.47 Å². The molecule has 88 valence electrons. The van der Waals surface area contributed by atoms with Crippen LogP contribution in [0.2, 0.25) is 0 Å². The van der Waals surface area contributed by atoms with E-state index >= 15 is 0 Å². The quantitative estimate of drug-likeness (QED) is 0.858. The van der Waals surface area contributed by atoms with Gasteiger partial charge in [0.1, 0.15) is 13.2 Å². The highest BCUT2D eigenvalue weighted by Gasteiger charge is 2.11. The molecule has 0 saturated heterocycles. The summed E-state index contributed by atoms with van der Waals surface area (Å²) in [6.07, 6.45) is 3.69. The highest BCUT2D eigenvalue weighted by Crippen LogP contribution is 2.33. The smallest absolute Gasteiger partial charge is 0.163 e. The summed E-state index contributed by atoms with van der Waals surface area (Å²) >= 11 is 0. The first-order valence-corrected chi connectivity index (χ1v) is 5.46. The van der Waals surface area contributed by atoms with Crippen molar-refractivity contribution in [3.8, 4) is 11.5 Å². The van der Waals surface area contributed by atoms with Gasteiger partial charge in [-0.05, 0) is 12.1 Å². The third-order valence-electron chi connectivity index (χ3n) is 2.54. The van der Waals surface area contributed by atoms with E-state index in [1.165, 1.54) is 0 Å². The van der Waals surface area contributed by atoms with Crippen LogP contribution in [0.4, 0.5) is 11.4 Å². The lowest BCUT2D eigenvalue weighted by Gasteiger charge is -2.18. The molecule has 1 N–H and O–H groups in total. The summed E-state index contributed by atoms with van der Waals surface area (Å²) in [5.74, 6) is 1.58. The third-order valence-corrected chi connectivity index (χ3v) is 2.54. The molecule has 1 aliphatic heterocycles. The summed E-state index contributed by atoms with van der Waals surface area (Å²) in [5.41, 5.74) is 1.91. The second kappa shape index (κ2) is 4.01. The van der Waals surface area contributed by atoms with Crippen molar-refractivity contribution in [2.75, 3.05) is 18.5 Å². The second-order valence-electron chi connectivity index (χ2n) is 3.89. The van der Waals surface area contributed by atoms with Crippen molar-refractivity contribution >= 4 is 11.4 Å². The van der Waals surface area contributed by atoms with Crippen LogP contribution in [0.5, 0.6) is 11.5 Å². The number of ether oxygens (including phenoxy) is 2.